The lowest BCUT2D eigenvalue weighted by Gasteiger charge is -2.32. The second-order valence-corrected chi connectivity index (χ2v) is 8.48. The Bertz CT molecular complexity index is 1370. The number of morpholine rings is 1. The van der Waals surface area contributed by atoms with Crippen LogP contribution in [-0.4, -0.2) is 58.3 Å². The molecule has 5 rings (SSSR count). The molecule has 1 fully saturated rings. The van der Waals surface area contributed by atoms with E-state index in [1.54, 1.807) is 29.3 Å². The van der Waals surface area contributed by atoms with Crippen molar-refractivity contribution in [2.75, 3.05) is 26.8 Å². The Hall–Kier alpha value is -3.85. The van der Waals surface area contributed by atoms with Gasteiger partial charge in [0, 0.05) is 30.9 Å². The maximum atomic E-state index is 15.4. The van der Waals surface area contributed by atoms with Gasteiger partial charge in [0.1, 0.15) is 17.3 Å². The molecule has 0 aliphatic carbocycles. The fourth-order valence-corrected chi connectivity index (χ4v) is 4.43. The molecule has 4 heterocycles. The van der Waals surface area contributed by atoms with Crippen LogP contribution in [0, 0.1) is 18.6 Å². The van der Waals surface area contributed by atoms with E-state index in [1.165, 1.54) is 19.2 Å². The zero-order valence-corrected chi connectivity index (χ0v) is 19.4. The molecule has 9 heteroatoms. The number of aryl methyl sites for hydroxylation is 1. The van der Waals surface area contributed by atoms with Gasteiger partial charge in [0.05, 0.1) is 49.0 Å². The number of fused-ring (bicyclic) bond motifs is 1. The highest BCUT2D eigenvalue weighted by Gasteiger charge is 2.29. The molecule has 1 unspecified atom stereocenters. The van der Waals surface area contributed by atoms with Crippen molar-refractivity contribution in [3.63, 3.8) is 0 Å². The maximum absolute atomic E-state index is 15.4. The number of methoxy groups -OCH3 is 1. The molecular formula is C26H24F2N4O3. The standard InChI is InChI=1S/C26H24F2N4O3/c1-16-6-8-32-22(14-18-15-31(9-10-35-18)26(33)34-2)25(30-23(32)11-16)24-19(27)12-17(13-20(24)28)21-5-3-4-7-29-21/h3-8,11-13,18H,9-10,14-15H2,1-2H3. The number of ether oxygens (including phenoxy) is 2. The van der Waals surface area contributed by atoms with E-state index in [0.717, 1.165) is 5.56 Å². The van der Waals surface area contributed by atoms with Gasteiger partial charge >= 0.3 is 6.09 Å². The van der Waals surface area contributed by atoms with Crippen LogP contribution in [0.1, 0.15) is 11.3 Å². The van der Waals surface area contributed by atoms with E-state index >= 15 is 8.78 Å². The van der Waals surface area contributed by atoms with Gasteiger partial charge in [0.15, 0.2) is 0 Å². The van der Waals surface area contributed by atoms with Crippen molar-refractivity contribution in [2.24, 2.45) is 0 Å². The summed E-state index contributed by atoms with van der Waals surface area (Å²) in [4.78, 5) is 22.4. The van der Waals surface area contributed by atoms with E-state index in [-0.39, 0.29) is 17.4 Å². The number of aromatic nitrogens is 3. The zero-order valence-electron chi connectivity index (χ0n) is 19.4. The number of rotatable bonds is 4. The van der Waals surface area contributed by atoms with E-state index in [4.69, 9.17) is 9.47 Å². The molecular weight excluding hydrogens is 454 g/mol. The van der Waals surface area contributed by atoms with Crippen molar-refractivity contribution in [1.82, 2.24) is 19.3 Å². The number of hydrogen-bond acceptors (Lipinski definition) is 5. The van der Waals surface area contributed by atoms with Gasteiger partial charge < -0.3 is 18.8 Å². The van der Waals surface area contributed by atoms with Crippen LogP contribution in [0.15, 0.2) is 54.9 Å². The average molecular weight is 478 g/mol. The molecule has 1 atom stereocenters. The Labute approximate surface area is 200 Å². The average Bonchev–Trinajstić information content (AvgIpc) is 3.20. The first-order valence-corrected chi connectivity index (χ1v) is 11.3. The lowest BCUT2D eigenvalue weighted by atomic mass is 10.0. The minimum absolute atomic E-state index is 0.206. The summed E-state index contributed by atoms with van der Waals surface area (Å²) in [6.45, 7) is 2.98. The molecule has 1 aliphatic rings. The summed E-state index contributed by atoms with van der Waals surface area (Å²) in [6, 6.07) is 11.5. The van der Waals surface area contributed by atoms with Gasteiger partial charge in [-0.15, -0.1) is 0 Å². The summed E-state index contributed by atoms with van der Waals surface area (Å²) in [5.74, 6) is -1.46. The van der Waals surface area contributed by atoms with Crippen LogP contribution < -0.4 is 0 Å². The van der Waals surface area contributed by atoms with Gasteiger partial charge in [-0.1, -0.05) is 6.07 Å². The molecule has 1 amide bonds. The predicted octanol–water partition coefficient (Wildman–Crippen LogP) is 4.66. The van der Waals surface area contributed by atoms with Crippen LogP contribution in [0.4, 0.5) is 13.6 Å². The molecule has 4 aromatic rings. The van der Waals surface area contributed by atoms with E-state index < -0.39 is 17.7 Å². The molecule has 7 nitrogen and oxygen atoms in total. The van der Waals surface area contributed by atoms with Gasteiger partial charge in [0.25, 0.3) is 0 Å². The Morgan fingerprint density at radius 2 is 2.00 bits per heavy atom. The van der Waals surface area contributed by atoms with Crippen LogP contribution in [0.5, 0.6) is 0 Å². The number of pyridine rings is 2. The number of hydrogen-bond donors (Lipinski definition) is 0. The minimum Gasteiger partial charge on any atom is -0.453 e. The minimum atomic E-state index is -0.729. The quantitative estimate of drug-likeness (QED) is 0.427. The van der Waals surface area contributed by atoms with Crippen LogP contribution in [0.3, 0.4) is 0 Å². The summed E-state index contributed by atoms with van der Waals surface area (Å²) in [5, 5.41) is 0. The van der Waals surface area contributed by atoms with E-state index in [1.807, 2.05) is 29.7 Å². The first-order chi connectivity index (χ1) is 16.9. The number of imidazole rings is 1. The number of carbonyl (C=O) groups excluding carboxylic acids is 1. The van der Waals surface area contributed by atoms with Crippen molar-refractivity contribution in [2.45, 2.75) is 19.4 Å². The SMILES string of the molecule is COC(=O)N1CCOC(Cc2c(-c3c(F)cc(-c4ccccn4)cc3F)nc3cc(C)ccn23)C1. The van der Waals surface area contributed by atoms with E-state index in [9.17, 15) is 4.79 Å². The van der Waals surface area contributed by atoms with Crippen LogP contribution in [0.2, 0.25) is 0 Å². The molecule has 0 bridgehead atoms. The van der Waals surface area contributed by atoms with Gasteiger partial charge in [-0.2, -0.15) is 0 Å². The molecule has 0 N–H and O–H groups in total. The van der Waals surface area contributed by atoms with Crippen LogP contribution in [0.25, 0.3) is 28.2 Å². The molecule has 0 saturated carbocycles. The Kier molecular flexibility index (Phi) is 6.17. The third-order valence-electron chi connectivity index (χ3n) is 6.11. The molecule has 35 heavy (non-hydrogen) atoms. The second kappa shape index (κ2) is 9.42. The molecule has 0 radical (unpaired) electrons. The summed E-state index contributed by atoms with van der Waals surface area (Å²) >= 11 is 0. The van der Waals surface area contributed by atoms with Crippen molar-refractivity contribution in [3.05, 3.63) is 77.8 Å². The zero-order chi connectivity index (χ0) is 24.5. The molecule has 180 valence electrons. The molecule has 3 aromatic heterocycles. The summed E-state index contributed by atoms with van der Waals surface area (Å²) < 4.78 is 43.4. The number of carbonyl (C=O) groups is 1. The number of nitrogens with zero attached hydrogens (tertiary/aromatic N) is 4. The Morgan fingerprint density at radius 1 is 1.20 bits per heavy atom. The first-order valence-electron chi connectivity index (χ1n) is 11.3. The summed E-state index contributed by atoms with van der Waals surface area (Å²) in [5.41, 5.74) is 2.95. The molecule has 1 aromatic carbocycles. The van der Waals surface area contributed by atoms with Gasteiger partial charge in [-0.05, 0) is 48.9 Å². The maximum Gasteiger partial charge on any atom is 0.409 e. The Balaban J connectivity index is 1.58. The lowest BCUT2D eigenvalue weighted by Crippen LogP contribution is -2.46. The number of halogens is 2. The predicted molar refractivity (Wildman–Crippen MR) is 126 cm³/mol. The second-order valence-electron chi connectivity index (χ2n) is 8.48. The van der Waals surface area contributed by atoms with Crippen molar-refractivity contribution in [3.8, 4) is 22.5 Å². The molecule has 0 spiro atoms. The molecule has 1 saturated heterocycles. The Morgan fingerprint density at radius 3 is 2.71 bits per heavy atom. The first kappa shape index (κ1) is 22.9. The summed E-state index contributed by atoms with van der Waals surface area (Å²) in [7, 11) is 1.33. The van der Waals surface area contributed by atoms with Crippen molar-refractivity contribution < 1.29 is 23.0 Å². The third-order valence-corrected chi connectivity index (χ3v) is 6.11. The van der Waals surface area contributed by atoms with Crippen molar-refractivity contribution in [1.29, 1.82) is 0 Å². The molecule has 1 aliphatic heterocycles. The monoisotopic (exact) mass is 478 g/mol. The van der Waals surface area contributed by atoms with Gasteiger partial charge in [0.2, 0.25) is 0 Å². The van der Waals surface area contributed by atoms with E-state index in [2.05, 4.69) is 9.97 Å². The summed E-state index contributed by atoms with van der Waals surface area (Å²) in [6.07, 6.45) is 2.88. The van der Waals surface area contributed by atoms with Crippen LogP contribution >= 0.6 is 0 Å². The fraction of sp³-hybridized carbons (Fsp3) is 0.269. The normalized spacial score (nSPS) is 16.0. The van der Waals surface area contributed by atoms with E-state index in [0.29, 0.717) is 48.7 Å². The number of amides is 1. The van der Waals surface area contributed by atoms with Crippen molar-refractivity contribution >= 4 is 11.7 Å². The largest absolute Gasteiger partial charge is 0.453 e. The lowest BCUT2D eigenvalue weighted by molar-refractivity contribution is -0.0241. The highest BCUT2D eigenvalue weighted by Crippen LogP contribution is 2.34. The smallest absolute Gasteiger partial charge is 0.409 e. The van der Waals surface area contributed by atoms with Gasteiger partial charge in [-0.25, -0.2) is 18.6 Å². The third kappa shape index (κ3) is 4.46. The highest BCUT2D eigenvalue weighted by molar-refractivity contribution is 5.72. The fourth-order valence-electron chi connectivity index (χ4n) is 4.43. The highest BCUT2D eigenvalue weighted by atomic mass is 19.1. The number of benzene rings is 1. The van der Waals surface area contributed by atoms with Crippen LogP contribution in [-0.2, 0) is 15.9 Å². The van der Waals surface area contributed by atoms with Gasteiger partial charge in [-0.3, -0.25) is 4.98 Å². The topological polar surface area (TPSA) is 69.0 Å².